The van der Waals surface area contributed by atoms with Crippen molar-refractivity contribution in [3.63, 3.8) is 0 Å². The van der Waals surface area contributed by atoms with Crippen LogP contribution < -0.4 is 15.6 Å². The van der Waals surface area contributed by atoms with Gasteiger partial charge in [-0.3, -0.25) is 14.2 Å². The number of alkyl halides is 3. The number of pyridine rings is 1. The molecule has 1 aliphatic carbocycles. The molecule has 39 heavy (non-hydrogen) atoms. The van der Waals surface area contributed by atoms with Crippen molar-refractivity contribution < 1.29 is 22.7 Å². The third kappa shape index (κ3) is 6.58. The number of likely N-dealkylation sites (tertiary alicyclic amines) is 1. The van der Waals surface area contributed by atoms with Crippen LogP contribution >= 0.6 is 0 Å². The van der Waals surface area contributed by atoms with Crippen molar-refractivity contribution in [1.29, 1.82) is 0 Å². The standard InChI is InChI=1S/C28H32F3N5O3/c1-17(2)33-24(37)16-36-26(19-4-3-5-20(12-19)28(29,30)31)34-25-23(27(36)38)13-22(14-32-25)39-21-8-10-35(11-9-21)15-18-6-7-18/h3-5,12-14,17-18,21H,6-11,15-16H2,1-2H3,(H,33,37). The van der Waals surface area contributed by atoms with Gasteiger partial charge in [0.2, 0.25) is 5.91 Å². The Morgan fingerprint density at radius 1 is 1.15 bits per heavy atom. The summed E-state index contributed by atoms with van der Waals surface area (Å²) in [5.41, 5.74) is -1.34. The first kappa shape index (κ1) is 27.1. The lowest BCUT2D eigenvalue weighted by Gasteiger charge is -2.32. The van der Waals surface area contributed by atoms with Crippen molar-refractivity contribution in [3.05, 3.63) is 52.4 Å². The maximum absolute atomic E-state index is 13.6. The first-order valence-electron chi connectivity index (χ1n) is 13.3. The summed E-state index contributed by atoms with van der Waals surface area (Å²) in [5.74, 6) is 0.735. The minimum Gasteiger partial charge on any atom is -0.489 e. The Morgan fingerprint density at radius 3 is 2.56 bits per heavy atom. The molecule has 0 unspecified atom stereocenters. The van der Waals surface area contributed by atoms with Crippen LogP contribution in [0.15, 0.2) is 41.3 Å². The second kappa shape index (κ2) is 11.0. The molecule has 0 radical (unpaired) electrons. The number of ether oxygens (including phenoxy) is 1. The van der Waals surface area contributed by atoms with Gasteiger partial charge in [-0.05, 0) is 63.6 Å². The summed E-state index contributed by atoms with van der Waals surface area (Å²) in [7, 11) is 0. The molecule has 0 spiro atoms. The number of aromatic nitrogens is 3. The van der Waals surface area contributed by atoms with Crippen molar-refractivity contribution >= 4 is 16.9 Å². The average molecular weight is 544 g/mol. The lowest BCUT2D eigenvalue weighted by Crippen LogP contribution is -2.39. The lowest BCUT2D eigenvalue weighted by atomic mass is 10.1. The van der Waals surface area contributed by atoms with Gasteiger partial charge in [-0.2, -0.15) is 13.2 Å². The molecule has 3 heterocycles. The number of hydrogen-bond donors (Lipinski definition) is 1. The van der Waals surface area contributed by atoms with Gasteiger partial charge >= 0.3 is 6.18 Å². The third-order valence-corrected chi connectivity index (χ3v) is 7.03. The molecular formula is C28H32F3N5O3. The summed E-state index contributed by atoms with van der Waals surface area (Å²) in [5, 5.41) is 2.85. The number of piperidine rings is 1. The van der Waals surface area contributed by atoms with Gasteiger partial charge in [0.15, 0.2) is 5.65 Å². The Hall–Kier alpha value is -3.47. The SMILES string of the molecule is CC(C)NC(=O)Cn1c(-c2cccc(C(F)(F)F)c2)nc2ncc(OC3CCN(CC4CC4)CC3)cc2c1=O. The molecule has 0 atom stereocenters. The van der Waals surface area contributed by atoms with Gasteiger partial charge in [0.1, 0.15) is 24.2 Å². The van der Waals surface area contributed by atoms with Crippen LogP contribution in [0.5, 0.6) is 5.75 Å². The van der Waals surface area contributed by atoms with E-state index in [2.05, 4.69) is 20.2 Å². The number of carbonyl (C=O) groups is 1. The highest BCUT2D eigenvalue weighted by atomic mass is 19.4. The fourth-order valence-corrected chi connectivity index (χ4v) is 4.93. The summed E-state index contributed by atoms with van der Waals surface area (Å²) in [6.45, 7) is 6.21. The number of carbonyl (C=O) groups excluding carboxylic acids is 1. The zero-order chi connectivity index (χ0) is 27.7. The molecule has 11 heteroatoms. The Morgan fingerprint density at radius 2 is 1.90 bits per heavy atom. The maximum Gasteiger partial charge on any atom is 0.416 e. The van der Waals surface area contributed by atoms with Crippen LogP contribution in [0.3, 0.4) is 0 Å². The van der Waals surface area contributed by atoms with E-state index in [0.29, 0.717) is 5.75 Å². The number of benzene rings is 1. The Kier molecular flexibility index (Phi) is 7.61. The fraction of sp³-hybridized carbons (Fsp3) is 0.500. The molecule has 1 N–H and O–H groups in total. The topological polar surface area (TPSA) is 89.3 Å². The van der Waals surface area contributed by atoms with Crippen molar-refractivity contribution in [2.24, 2.45) is 5.92 Å². The Labute approximate surface area is 224 Å². The molecule has 2 aliphatic rings. The van der Waals surface area contributed by atoms with Gasteiger partial charge in [-0.15, -0.1) is 0 Å². The molecule has 0 bridgehead atoms. The molecule has 1 amide bonds. The molecule has 5 rings (SSSR count). The van der Waals surface area contributed by atoms with E-state index in [1.54, 1.807) is 19.9 Å². The average Bonchev–Trinajstić information content (AvgIpc) is 3.70. The Bertz CT molecular complexity index is 1410. The van der Waals surface area contributed by atoms with Crippen molar-refractivity contribution in [2.75, 3.05) is 19.6 Å². The van der Waals surface area contributed by atoms with E-state index in [4.69, 9.17) is 4.74 Å². The monoisotopic (exact) mass is 543 g/mol. The fourth-order valence-electron chi connectivity index (χ4n) is 4.93. The Balaban J connectivity index is 1.46. The van der Waals surface area contributed by atoms with E-state index in [0.717, 1.165) is 55.1 Å². The largest absolute Gasteiger partial charge is 0.489 e. The highest BCUT2D eigenvalue weighted by Gasteiger charge is 2.31. The highest BCUT2D eigenvalue weighted by Crippen LogP contribution is 2.33. The molecule has 2 fully saturated rings. The zero-order valence-corrected chi connectivity index (χ0v) is 22.0. The smallest absolute Gasteiger partial charge is 0.416 e. The predicted octanol–water partition coefficient (Wildman–Crippen LogP) is 4.26. The van der Waals surface area contributed by atoms with Gasteiger partial charge in [-0.1, -0.05) is 12.1 Å². The first-order chi connectivity index (χ1) is 18.6. The first-order valence-corrected chi connectivity index (χ1v) is 13.3. The van der Waals surface area contributed by atoms with Crippen LogP contribution in [0, 0.1) is 5.92 Å². The quantitative estimate of drug-likeness (QED) is 0.457. The van der Waals surface area contributed by atoms with Crippen molar-refractivity contribution in [2.45, 2.75) is 64.4 Å². The summed E-state index contributed by atoms with van der Waals surface area (Å²) < 4.78 is 47.5. The number of nitrogens with zero attached hydrogens (tertiary/aromatic N) is 4. The molecule has 8 nitrogen and oxygen atoms in total. The van der Waals surface area contributed by atoms with Gasteiger partial charge in [0, 0.05) is 31.2 Å². The number of hydrogen-bond acceptors (Lipinski definition) is 6. The molecule has 1 aliphatic heterocycles. The molecular weight excluding hydrogens is 511 g/mol. The van der Waals surface area contributed by atoms with E-state index in [-0.39, 0.29) is 34.6 Å². The minimum absolute atomic E-state index is 0.00362. The van der Waals surface area contributed by atoms with Crippen LogP contribution in [0.25, 0.3) is 22.4 Å². The normalized spacial score (nSPS) is 17.1. The second-order valence-corrected chi connectivity index (χ2v) is 10.7. The van der Waals surface area contributed by atoms with Gasteiger partial charge in [0.05, 0.1) is 17.1 Å². The van der Waals surface area contributed by atoms with E-state index in [9.17, 15) is 22.8 Å². The number of halogens is 3. The molecule has 208 valence electrons. The molecule has 3 aromatic rings. The summed E-state index contributed by atoms with van der Waals surface area (Å²) in [6, 6.07) is 5.89. The molecule has 1 aromatic carbocycles. The third-order valence-electron chi connectivity index (χ3n) is 7.03. The second-order valence-electron chi connectivity index (χ2n) is 10.7. The number of nitrogens with one attached hydrogen (secondary N) is 1. The van der Waals surface area contributed by atoms with Gasteiger partial charge < -0.3 is 15.0 Å². The molecule has 1 saturated heterocycles. The van der Waals surface area contributed by atoms with Crippen LogP contribution in [0.1, 0.15) is 45.1 Å². The van der Waals surface area contributed by atoms with E-state index < -0.39 is 29.8 Å². The zero-order valence-electron chi connectivity index (χ0n) is 22.0. The summed E-state index contributed by atoms with van der Waals surface area (Å²) in [4.78, 5) is 37.5. The van der Waals surface area contributed by atoms with Crippen LogP contribution in [-0.2, 0) is 17.5 Å². The van der Waals surface area contributed by atoms with E-state index >= 15 is 0 Å². The molecule has 1 saturated carbocycles. The maximum atomic E-state index is 13.6. The van der Waals surface area contributed by atoms with Gasteiger partial charge in [-0.25, -0.2) is 9.97 Å². The minimum atomic E-state index is -4.58. The summed E-state index contributed by atoms with van der Waals surface area (Å²) >= 11 is 0. The number of fused-ring (bicyclic) bond motifs is 1. The predicted molar refractivity (Wildman–Crippen MR) is 140 cm³/mol. The number of rotatable bonds is 8. The van der Waals surface area contributed by atoms with Crippen LogP contribution in [0.4, 0.5) is 13.2 Å². The number of amides is 1. The van der Waals surface area contributed by atoms with Crippen molar-refractivity contribution in [1.82, 2.24) is 24.8 Å². The van der Waals surface area contributed by atoms with Gasteiger partial charge in [0.25, 0.3) is 5.56 Å². The van der Waals surface area contributed by atoms with E-state index in [1.807, 2.05) is 0 Å². The lowest BCUT2D eigenvalue weighted by molar-refractivity contribution is -0.137. The van der Waals surface area contributed by atoms with E-state index in [1.165, 1.54) is 31.2 Å². The summed E-state index contributed by atoms with van der Waals surface area (Å²) in [6.07, 6.45) is 1.28. The van der Waals surface area contributed by atoms with Crippen molar-refractivity contribution in [3.8, 4) is 17.1 Å². The highest BCUT2D eigenvalue weighted by molar-refractivity contribution is 5.80. The van der Waals surface area contributed by atoms with Crippen LogP contribution in [0.2, 0.25) is 0 Å². The molecule has 2 aromatic heterocycles. The van der Waals surface area contributed by atoms with Crippen LogP contribution in [-0.4, -0.2) is 57.1 Å².